The molecule has 18 heavy (non-hydrogen) atoms. The van der Waals surface area contributed by atoms with Gasteiger partial charge in [0.1, 0.15) is 0 Å². The topological polar surface area (TPSA) is 73.6 Å². The second-order valence-electron chi connectivity index (χ2n) is 3.46. The van der Waals surface area contributed by atoms with Crippen LogP contribution in [0.3, 0.4) is 0 Å². The van der Waals surface area contributed by atoms with Gasteiger partial charge in [-0.15, -0.1) is 0 Å². The number of methoxy groups -OCH3 is 1. The van der Waals surface area contributed by atoms with Crippen LogP contribution in [0.25, 0.3) is 0 Å². The van der Waals surface area contributed by atoms with Crippen molar-refractivity contribution in [1.29, 1.82) is 0 Å². The highest BCUT2D eigenvalue weighted by Gasteiger charge is 2.04. The Hall–Kier alpha value is -1.59. The van der Waals surface area contributed by atoms with Crippen molar-refractivity contribution in [2.45, 2.75) is 19.4 Å². The van der Waals surface area contributed by atoms with E-state index in [-0.39, 0.29) is 6.10 Å². The van der Waals surface area contributed by atoms with Gasteiger partial charge in [0.05, 0.1) is 12.7 Å². The maximum Gasteiger partial charge on any atom is 0.411 e. The summed E-state index contributed by atoms with van der Waals surface area (Å²) in [6.45, 7) is 2.28. The number of benzene rings is 1. The van der Waals surface area contributed by atoms with Crippen molar-refractivity contribution in [3.8, 4) is 0 Å². The Morgan fingerprint density at radius 1 is 1.33 bits per heavy atom. The highest BCUT2D eigenvalue weighted by Crippen LogP contribution is 2.05. The zero-order valence-electron chi connectivity index (χ0n) is 11.2. The third kappa shape index (κ3) is 7.65. The molecule has 0 aromatic heterocycles. The van der Waals surface area contributed by atoms with Crippen molar-refractivity contribution in [3.63, 3.8) is 0 Å². The quantitative estimate of drug-likeness (QED) is 0.845. The monoisotopic (exact) mass is 254 g/mol. The van der Waals surface area contributed by atoms with E-state index in [0.29, 0.717) is 13.0 Å². The van der Waals surface area contributed by atoms with Crippen LogP contribution in [0.15, 0.2) is 30.3 Å². The van der Waals surface area contributed by atoms with E-state index in [1.54, 1.807) is 19.2 Å². The van der Waals surface area contributed by atoms with Crippen molar-refractivity contribution < 1.29 is 14.3 Å². The molecule has 0 spiro atoms. The van der Waals surface area contributed by atoms with Crippen molar-refractivity contribution >= 4 is 11.8 Å². The Bertz CT molecular complexity index is 317. The Labute approximate surface area is 108 Å². The van der Waals surface area contributed by atoms with E-state index >= 15 is 0 Å². The molecule has 0 aliphatic heterocycles. The maximum absolute atomic E-state index is 11.3. The fraction of sp³-hybridized carbons (Fsp3) is 0.462. The second kappa shape index (κ2) is 10.6. The molecule has 0 aliphatic rings. The molecule has 102 valence electrons. The van der Waals surface area contributed by atoms with Gasteiger partial charge in [0.25, 0.3) is 0 Å². The molecule has 0 heterocycles. The van der Waals surface area contributed by atoms with Gasteiger partial charge < -0.3 is 15.2 Å². The molecule has 5 nitrogen and oxygen atoms in total. The molecule has 0 aliphatic carbocycles. The van der Waals surface area contributed by atoms with Crippen LogP contribution in [0, 0.1) is 0 Å². The largest absolute Gasteiger partial charge is 0.449 e. The number of nitrogens with one attached hydrogen (secondary N) is 1. The molecule has 0 saturated heterocycles. The average molecular weight is 254 g/mol. The van der Waals surface area contributed by atoms with E-state index in [4.69, 9.17) is 9.47 Å². The summed E-state index contributed by atoms with van der Waals surface area (Å²) < 4.78 is 10.0. The number of para-hydroxylation sites is 1. The molecule has 0 radical (unpaired) electrons. The lowest BCUT2D eigenvalue weighted by atomic mass is 10.3. The SMILES string of the molecule is CN.COC(C)CCOC(=O)Nc1ccccc1. The zero-order chi connectivity index (χ0) is 13.8. The molecule has 5 heteroatoms. The fourth-order valence-electron chi connectivity index (χ4n) is 1.11. The molecule has 0 bridgehead atoms. The lowest BCUT2D eigenvalue weighted by Crippen LogP contribution is -2.17. The highest BCUT2D eigenvalue weighted by molar-refractivity contribution is 5.84. The van der Waals surface area contributed by atoms with Crippen LogP contribution in [0.5, 0.6) is 0 Å². The van der Waals surface area contributed by atoms with Crippen LogP contribution in [0.4, 0.5) is 10.5 Å². The summed E-state index contributed by atoms with van der Waals surface area (Å²) in [4.78, 5) is 11.3. The number of hydrogen-bond acceptors (Lipinski definition) is 4. The van der Waals surface area contributed by atoms with Gasteiger partial charge in [-0.2, -0.15) is 0 Å². The minimum Gasteiger partial charge on any atom is -0.449 e. The Morgan fingerprint density at radius 2 is 1.94 bits per heavy atom. The third-order valence-electron chi connectivity index (χ3n) is 2.18. The van der Waals surface area contributed by atoms with Gasteiger partial charge in [0.2, 0.25) is 0 Å². The number of nitrogens with two attached hydrogens (primary N) is 1. The van der Waals surface area contributed by atoms with Crippen LogP contribution in [-0.4, -0.2) is 33.0 Å². The molecular weight excluding hydrogens is 232 g/mol. The van der Waals surface area contributed by atoms with Crippen molar-refractivity contribution in [2.75, 3.05) is 26.1 Å². The lowest BCUT2D eigenvalue weighted by Gasteiger charge is -2.10. The van der Waals surface area contributed by atoms with E-state index in [2.05, 4.69) is 11.1 Å². The highest BCUT2D eigenvalue weighted by atomic mass is 16.5. The summed E-state index contributed by atoms with van der Waals surface area (Å²) in [5, 5.41) is 2.63. The van der Waals surface area contributed by atoms with Gasteiger partial charge in [-0.05, 0) is 26.1 Å². The Balaban J connectivity index is 0.00000137. The van der Waals surface area contributed by atoms with E-state index < -0.39 is 6.09 Å². The Kier molecular flexibility index (Phi) is 9.62. The number of carbonyl (C=O) groups excluding carboxylic acids is 1. The van der Waals surface area contributed by atoms with Crippen molar-refractivity contribution in [1.82, 2.24) is 0 Å². The molecule has 1 rings (SSSR count). The Morgan fingerprint density at radius 3 is 2.50 bits per heavy atom. The van der Waals surface area contributed by atoms with E-state index in [1.165, 1.54) is 7.05 Å². The molecule has 1 amide bonds. The first-order valence-electron chi connectivity index (χ1n) is 5.81. The van der Waals surface area contributed by atoms with E-state index in [0.717, 1.165) is 5.69 Å². The number of hydrogen-bond donors (Lipinski definition) is 2. The predicted octanol–water partition coefficient (Wildman–Crippen LogP) is 2.23. The summed E-state index contributed by atoms with van der Waals surface area (Å²) in [6, 6.07) is 9.19. The second-order valence-corrected chi connectivity index (χ2v) is 3.46. The fourth-order valence-corrected chi connectivity index (χ4v) is 1.11. The van der Waals surface area contributed by atoms with Gasteiger partial charge in [-0.3, -0.25) is 5.32 Å². The first-order chi connectivity index (χ1) is 8.72. The molecule has 0 saturated carbocycles. The molecular formula is C13H22N2O3. The first kappa shape index (κ1) is 16.4. The number of carbonyl (C=O) groups is 1. The zero-order valence-corrected chi connectivity index (χ0v) is 11.2. The first-order valence-corrected chi connectivity index (χ1v) is 5.81. The minimum absolute atomic E-state index is 0.101. The van der Waals surface area contributed by atoms with Gasteiger partial charge in [0, 0.05) is 19.2 Å². The van der Waals surface area contributed by atoms with Gasteiger partial charge in [-0.25, -0.2) is 4.79 Å². The van der Waals surface area contributed by atoms with Crippen molar-refractivity contribution in [2.24, 2.45) is 5.73 Å². The van der Waals surface area contributed by atoms with Crippen LogP contribution in [-0.2, 0) is 9.47 Å². The molecule has 1 unspecified atom stereocenters. The molecule has 3 N–H and O–H groups in total. The lowest BCUT2D eigenvalue weighted by molar-refractivity contribution is 0.0836. The number of anilines is 1. The standard InChI is InChI=1S/C12H17NO3.CH5N/c1-10(15-2)8-9-16-12(14)13-11-6-4-3-5-7-11;1-2/h3-7,10H,8-9H2,1-2H3,(H,13,14);2H2,1H3. The minimum atomic E-state index is -0.436. The number of amides is 1. The summed E-state index contributed by atoms with van der Waals surface area (Å²) in [5.41, 5.74) is 5.23. The van der Waals surface area contributed by atoms with Gasteiger partial charge in [-0.1, -0.05) is 18.2 Å². The van der Waals surface area contributed by atoms with Gasteiger partial charge >= 0.3 is 6.09 Å². The molecule has 0 fully saturated rings. The summed E-state index contributed by atoms with van der Waals surface area (Å²) in [5.74, 6) is 0. The van der Waals surface area contributed by atoms with E-state index in [9.17, 15) is 4.79 Å². The average Bonchev–Trinajstić information content (AvgIpc) is 2.42. The summed E-state index contributed by atoms with van der Waals surface area (Å²) >= 11 is 0. The van der Waals surface area contributed by atoms with Crippen LogP contribution in [0.2, 0.25) is 0 Å². The number of rotatable bonds is 5. The van der Waals surface area contributed by atoms with Gasteiger partial charge in [0.15, 0.2) is 0 Å². The molecule has 1 aromatic carbocycles. The molecule has 1 aromatic rings. The van der Waals surface area contributed by atoms with Crippen LogP contribution in [0.1, 0.15) is 13.3 Å². The number of ether oxygens (including phenoxy) is 2. The smallest absolute Gasteiger partial charge is 0.411 e. The summed E-state index contributed by atoms with van der Waals surface area (Å²) in [7, 11) is 3.13. The maximum atomic E-state index is 11.3. The summed E-state index contributed by atoms with van der Waals surface area (Å²) in [6.07, 6.45) is 0.359. The van der Waals surface area contributed by atoms with E-state index in [1.807, 2.05) is 25.1 Å². The molecule has 1 atom stereocenters. The predicted molar refractivity (Wildman–Crippen MR) is 72.6 cm³/mol. The van der Waals surface area contributed by atoms with Crippen molar-refractivity contribution in [3.05, 3.63) is 30.3 Å². The normalized spacial score (nSPS) is 10.9. The van der Waals surface area contributed by atoms with Crippen LogP contribution < -0.4 is 11.1 Å². The third-order valence-corrected chi connectivity index (χ3v) is 2.18. The van der Waals surface area contributed by atoms with Crippen LogP contribution >= 0.6 is 0 Å².